The van der Waals surface area contributed by atoms with Crippen molar-refractivity contribution < 1.29 is 9.53 Å². The summed E-state index contributed by atoms with van der Waals surface area (Å²) in [4.78, 5) is 20.8. The van der Waals surface area contributed by atoms with E-state index in [1.165, 1.54) is 47.8 Å². The maximum absolute atomic E-state index is 13.5. The number of hydrogen-bond acceptors (Lipinski definition) is 6. The second kappa shape index (κ2) is 9.64. The molecule has 8 nitrogen and oxygen atoms in total. The van der Waals surface area contributed by atoms with E-state index in [2.05, 4.69) is 43.6 Å². The molecule has 2 saturated carbocycles. The van der Waals surface area contributed by atoms with E-state index in [0.29, 0.717) is 23.4 Å². The van der Waals surface area contributed by atoms with Gasteiger partial charge in [-0.3, -0.25) is 4.79 Å². The third kappa shape index (κ3) is 4.00. The Morgan fingerprint density at radius 2 is 1.97 bits per heavy atom. The standard InChI is InChI=1S/C29H33N5O2S.CH5N/c1-32-27-22(8-18(9-24(27)36-2)29(35)33-14-17-5-6-20(33)7-17)31-28(32)23-10-25-26(34(23)13-16-3-4-16)21(15-37-25)19-11-30-12-19;1-2/h8-10,15-17,19-20,30H,3-7,11-14H2,1-2H3;2H2,1H3/t17-,20+;/m0./s1. The number of piperidine rings is 1. The average molecular weight is 547 g/mol. The predicted molar refractivity (Wildman–Crippen MR) is 157 cm³/mol. The summed E-state index contributed by atoms with van der Waals surface area (Å²) in [6, 6.07) is 6.64. The van der Waals surface area contributed by atoms with E-state index < -0.39 is 0 Å². The van der Waals surface area contributed by atoms with E-state index in [1.807, 2.05) is 23.5 Å². The Labute approximate surface area is 233 Å². The van der Waals surface area contributed by atoms with Crippen molar-refractivity contribution in [3.63, 3.8) is 0 Å². The van der Waals surface area contributed by atoms with Crippen molar-refractivity contribution in [2.75, 3.05) is 33.8 Å². The number of amides is 1. The lowest BCUT2D eigenvalue weighted by Gasteiger charge is -2.27. The summed E-state index contributed by atoms with van der Waals surface area (Å²) in [7, 11) is 5.27. The van der Waals surface area contributed by atoms with Crippen molar-refractivity contribution in [3.8, 4) is 17.3 Å². The fourth-order valence-corrected chi connectivity index (χ4v) is 8.06. The van der Waals surface area contributed by atoms with Gasteiger partial charge in [0.15, 0.2) is 5.82 Å². The Balaban J connectivity index is 0.00000124. The summed E-state index contributed by atoms with van der Waals surface area (Å²) in [5.41, 5.74) is 11.0. The number of aryl methyl sites for hydroxylation is 1. The summed E-state index contributed by atoms with van der Waals surface area (Å²) in [5.74, 6) is 3.82. The molecular formula is C30H38N6O2S. The van der Waals surface area contributed by atoms with E-state index in [0.717, 1.165) is 67.5 Å². The Hall–Kier alpha value is -2.88. The average Bonchev–Trinajstić information content (AvgIpc) is 3.32. The molecule has 0 spiro atoms. The molecule has 206 valence electrons. The molecule has 9 heteroatoms. The highest BCUT2D eigenvalue weighted by Gasteiger charge is 2.40. The molecule has 2 aliphatic carbocycles. The maximum atomic E-state index is 13.5. The van der Waals surface area contributed by atoms with Crippen LogP contribution in [-0.4, -0.2) is 64.8 Å². The molecule has 3 aromatic heterocycles. The van der Waals surface area contributed by atoms with Crippen LogP contribution in [0.4, 0.5) is 0 Å². The first kappa shape index (κ1) is 25.1. The van der Waals surface area contributed by atoms with E-state index in [4.69, 9.17) is 9.72 Å². The fourth-order valence-electron chi connectivity index (χ4n) is 6.98. The Kier molecular flexibility index (Phi) is 6.21. The van der Waals surface area contributed by atoms with Crippen molar-refractivity contribution in [1.82, 2.24) is 24.3 Å². The van der Waals surface area contributed by atoms with Crippen molar-refractivity contribution >= 4 is 38.5 Å². The lowest BCUT2D eigenvalue weighted by atomic mass is 9.95. The van der Waals surface area contributed by atoms with Crippen LogP contribution in [0.25, 0.3) is 32.8 Å². The van der Waals surface area contributed by atoms with Crippen LogP contribution in [0.5, 0.6) is 5.75 Å². The summed E-state index contributed by atoms with van der Waals surface area (Å²) < 4.78 is 11.9. The first-order chi connectivity index (χ1) is 19.1. The fraction of sp³-hybridized carbons (Fsp3) is 0.533. The topological polar surface area (TPSA) is 90.3 Å². The molecule has 1 aromatic carbocycles. The van der Waals surface area contributed by atoms with Gasteiger partial charge in [0, 0.05) is 50.7 Å². The molecule has 3 N–H and O–H groups in total. The molecule has 39 heavy (non-hydrogen) atoms. The number of fused-ring (bicyclic) bond motifs is 4. The molecule has 2 aliphatic heterocycles. The first-order valence-corrected chi connectivity index (χ1v) is 15.2. The van der Waals surface area contributed by atoms with Gasteiger partial charge < -0.3 is 29.8 Å². The minimum atomic E-state index is 0.121. The number of aromatic nitrogens is 3. The lowest BCUT2D eigenvalue weighted by Crippen LogP contribution is -2.39. The minimum absolute atomic E-state index is 0.121. The SMILES string of the molecule is CN.COc1cc(C(=O)N2C[C@H]3CC[C@@H]2C3)cc2nc(-c3cc4scc(C5CNC5)c4n3CC3CC3)n(C)c12. The number of nitrogens with zero attached hydrogens (tertiary/aromatic N) is 4. The number of carbonyl (C=O) groups excluding carboxylic acids is 1. The number of imidazole rings is 1. The molecule has 2 saturated heterocycles. The van der Waals surface area contributed by atoms with E-state index in [-0.39, 0.29) is 5.91 Å². The number of rotatable bonds is 6. The van der Waals surface area contributed by atoms with Gasteiger partial charge in [-0.25, -0.2) is 4.98 Å². The largest absolute Gasteiger partial charge is 0.494 e. The monoisotopic (exact) mass is 546 g/mol. The number of benzene rings is 1. The zero-order valence-corrected chi connectivity index (χ0v) is 23.9. The van der Waals surface area contributed by atoms with Crippen molar-refractivity contribution in [2.45, 2.75) is 50.6 Å². The second-order valence-electron chi connectivity index (χ2n) is 11.7. The molecule has 0 radical (unpaired) electrons. The van der Waals surface area contributed by atoms with Crippen LogP contribution in [0, 0.1) is 11.8 Å². The van der Waals surface area contributed by atoms with Crippen LogP contribution in [0.15, 0.2) is 23.6 Å². The summed E-state index contributed by atoms with van der Waals surface area (Å²) in [5, 5.41) is 5.81. The van der Waals surface area contributed by atoms with Gasteiger partial charge in [-0.1, -0.05) is 0 Å². The summed E-state index contributed by atoms with van der Waals surface area (Å²) in [6.45, 7) is 4.06. The maximum Gasteiger partial charge on any atom is 0.254 e. The molecule has 4 fully saturated rings. The van der Waals surface area contributed by atoms with E-state index >= 15 is 0 Å². The number of likely N-dealkylation sites (tertiary alicyclic amines) is 1. The first-order valence-electron chi connectivity index (χ1n) is 14.3. The van der Waals surface area contributed by atoms with Crippen LogP contribution < -0.4 is 15.8 Å². The number of methoxy groups -OCH3 is 1. The minimum Gasteiger partial charge on any atom is -0.494 e. The molecule has 0 unspecified atom stereocenters. The van der Waals surface area contributed by atoms with Crippen molar-refractivity contribution in [1.29, 1.82) is 0 Å². The van der Waals surface area contributed by atoms with Gasteiger partial charge in [0.1, 0.15) is 11.3 Å². The zero-order valence-electron chi connectivity index (χ0n) is 23.1. The number of hydrogen-bond donors (Lipinski definition) is 2. The van der Waals surface area contributed by atoms with Gasteiger partial charge >= 0.3 is 0 Å². The number of ether oxygens (including phenoxy) is 1. The number of thiophene rings is 1. The van der Waals surface area contributed by atoms with Crippen LogP contribution >= 0.6 is 11.3 Å². The zero-order chi connectivity index (χ0) is 26.8. The highest BCUT2D eigenvalue weighted by atomic mass is 32.1. The van der Waals surface area contributed by atoms with Gasteiger partial charge in [-0.15, -0.1) is 11.3 Å². The predicted octanol–water partition coefficient (Wildman–Crippen LogP) is 4.56. The number of carbonyl (C=O) groups is 1. The van der Waals surface area contributed by atoms with E-state index in [1.54, 1.807) is 7.11 Å². The van der Waals surface area contributed by atoms with Crippen LogP contribution in [0.3, 0.4) is 0 Å². The Bertz CT molecular complexity index is 1560. The normalized spacial score (nSPS) is 22.4. The summed E-state index contributed by atoms with van der Waals surface area (Å²) >= 11 is 1.85. The number of nitrogens with one attached hydrogen (secondary N) is 1. The quantitative estimate of drug-likeness (QED) is 0.370. The van der Waals surface area contributed by atoms with Gasteiger partial charge in [0.05, 0.1) is 28.5 Å². The molecule has 4 aromatic rings. The van der Waals surface area contributed by atoms with Crippen LogP contribution in [-0.2, 0) is 13.6 Å². The van der Waals surface area contributed by atoms with Gasteiger partial charge in [-0.2, -0.15) is 0 Å². The van der Waals surface area contributed by atoms with Crippen LogP contribution in [0.2, 0.25) is 0 Å². The third-order valence-electron chi connectivity index (χ3n) is 9.31. The Morgan fingerprint density at radius 1 is 1.15 bits per heavy atom. The van der Waals surface area contributed by atoms with E-state index in [9.17, 15) is 4.79 Å². The third-order valence-corrected chi connectivity index (χ3v) is 10.2. The van der Waals surface area contributed by atoms with Gasteiger partial charge in [0.2, 0.25) is 0 Å². The van der Waals surface area contributed by atoms with Gasteiger partial charge in [-0.05, 0) is 80.1 Å². The van der Waals surface area contributed by atoms with Crippen LogP contribution in [0.1, 0.15) is 53.9 Å². The highest BCUT2D eigenvalue weighted by Crippen LogP contribution is 2.43. The van der Waals surface area contributed by atoms with Crippen molar-refractivity contribution in [3.05, 3.63) is 34.7 Å². The smallest absolute Gasteiger partial charge is 0.254 e. The lowest BCUT2D eigenvalue weighted by molar-refractivity contribution is 0.0703. The molecule has 2 atom stereocenters. The molecule has 5 heterocycles. The molecule has 4 aliphatic rings. The molecular weight excluding hydrogens is 508 g/mol. The van der Waals surface area contributed by atoms with Gasteiger partial charge in [0.25, 0.3) is 5.91 Å². The Morgan fingerprint density at radius 3 is 2.62 bits per heavy atom. The molecule has 1 amide bonds. The molecule has 8 rings (SSSR count). The second-order valence-corrected chi connectivity index (χ2v) is 12.6. The number of nitrogens with two attached hydrogens (primary N) is 1. The highest BCUT2D eigenvalue weighted by molar-refractivity contribution is 7.17. The van der Waals surface area contributed by atoms with Crippen molar-refractivity contribution in [2.24, 2.45) is 24.6 Å². The molecule has 2 bridgehead atoms. The summed E-state index contributed by atoms with van der Waals surface area (Å²) in [6.07, 6.45) is 6.18.